The topological polar surface area (TPSA) is 50.5 Å². The van der Waals surface area contributed by atoms with E-state index in [1.807, 2.05) is 22.6 Å². The van der Waals surface area contributed by atoms with Crippen molar-refractivity contribution in [3.8, 4) is 0 Å². The molecular formula is C10H7BrINO3S. The predicted molar refractivity (Wildman–Crippen MR) is 77.5 cm³/mol. The fourth-order valence-electron chi connectivity index (χ4n) is 1.34. The summed E-state index contributed by atoms with van der Waals surface area (Å²) in [7, 11) is 0. The van der Waals surface area contributed by atoms with Crippen molar-refractivity contribution in [2.24, 2.45) is 0 Å². The monoisotopic (exact) mass is 427 g/mol. The zero-order chi connectivity index (χ0) is 12.6. The summed E-state index contributed by atoms with van der Waals surface area (Å²) in [6, 6.07) is 1.77. The van der Waals surface area contributed by atoms with E-state index in [1.165, 1.54) is 4.90 Å². The van der Waals surface area contributed by atoms with Gasteiger partial charge in [0, 0.05) is 35.2 Å². The van der Waals surface area contributed by atoms with E-state index >= 15 is 0 Å². The van der Waals surface area contributed by atoms with Crippen LogP contribution in [-0.2, 0) is 4.79 Å². The van der Waals surface area contributed by atoms with Crippen molar-refractivity contribution < 1.29 is 14.0 Å². The Morgan fingerprint density at radius 2 is 2.29 bits per heavy atom. The summed E-state index contributed by atoms with van der Waals surface area (Å²) in [6.45, 7) is 2.16. The minimum absolute atomic E-state index is 0.232. The first-order valence-electron chi connectivity index (χ1n) is 4.73. The molecule has 7 heteroatoms. The van der Waals surface area contributed by atoms with Crippen LogP contribution in [0.2, 0.25) is 0 Å². The van der Waals surface area contributed by atoms with Gasteiger partial charge in [0.2, 0.25) is 0 Å². The molecule has 0 N–H and O–H groups in total. The maximum Gasteiger partial charge on any atom is 0.293 e. The molecule has 0 bridgehead atoms. The highest BCUT2D eigenvalue weighted by Gasteiger charge is 2.33. The number of furan rings is 1. The van der Waals surface area contributed by atoms with Crippen molar-refractivity contribution in [1.29, 1.82) is 0 Å². The summed E-state index contributed by atoms with van der Waals surface area (Å²) in [5.41, 5.74) is 0. The van der Waals surface area contributed by atoms with Gasteiger partial charge in [-0.05, 0) is 40.7 Å². The highest BCUT2D eigenvalue weighted by molar-refractivity contribution is 14.1. The average Bonchev–Trinajstić information content (AvgIpc) is 2.70. The fraction of sp³-hybridized carbons (Fsp3) is 0.200. The van der Waals surface area contributed by atoms with Crippen molar-refractivity contribution in [3.05, 3.63) is 25.0 Å². The van der Waals surface area contributed by atoms with E-state index in [0.717, 1.165) is 16.2 Å². The number of amides is 2. The summed E-state index contributed by atoms with van der Waals surface area (Å²) in [4.78, 5) is 24.9. The van der Waals surface area contributed by atoms with Crippen molar-refractivity contribution in [3.63, 3.8) is 0 Å². The Balaban J connectivity index is 2.30. The first-order chi connectivity index (χ1) is 8.02. The molecule has 0 aromatic carbocycles. The number of hydrogen-bond acceptors (Lipinski definition) is 4. The molecule has 0 unspecified atom stereocenters. The van der Waals surface area contributed by atoms with Gasteiger partial charge in [-0.25, -0.2) is 0 Å². The Hall–Kier alpha value is -0.280. The van der Waals surface area contributed by atoms with Crippen molar-refractivity contribution in [2.75, 3.05) is 6.54 Å². The van der Waals surface area contributed by atoms with Gasteiger partial charge in [-0.1, -0.05) is 0 Å². The van der Waals surface area contributed by atoms with E-state index in [9.17, 15) is 9.59 Å². The molecule has 1 fully saturated rings. The van der Waals surface area contributed by atoms with Crippen LogP contribution in [0.1, 0.15) is 12.7 Å². The van der Waals surface area contributed by atoms with Gasteiger partial charge in [-0.15, -0.1) is 0 Å². The number of nitrogens with zero attached hydrogens (tertiary/aromatic N) is 1. The molecule has 17 heavy (non-hydrogen) atoms. The fourth-order valence-corrected chi connectivity index (χ4v) is 2.94. The Morgan fingerprint density at radius 1 is 1.59 bits per heavy atom. The third-order valence-corrected chi connectivity index (χ3v) is 5.17. The van der Waals surface area contributed by atoms with Gasteiger partial charge in [-0.2, -0.15) is 0 Å². The zero-order valence-electron chi connectivity index (χ0n) is 8.70. The highest BCUT2D eigenvalue weighted by Crippen LogP contribution is 2.33. The van der Waals surface area contributed by atoms with Crippen LogP contribution in [-0.4, -0.2) is 22.6 Å². The Labute approximate surface area is 124 Å². The molecule has 0 aliphatic carbocycles. The molecule has 1 aliphatic heterocycles. The second-order valence-corrected chi connectivity index (χ2v) is 6.02. The molecule has 90 valence electrons. The van der Waals surface area contributed by atoms with Gasteiger partial charge in [0.15, 0.2) is 3.77 Å². The minimum atomic E-state index is -0.259. The summed E-state index contributed by atoms with van der Waals surface area (Å²) >= 11 is 6.30. The summed E-state index contributed by atoms with van der Waals surface area (Å²) in [6.07, 6.45) is 1.59. The van der Waals surface area contributed by atoms with E-state index < -0.39 is 0 Å². The number of thioether (sulfide) groups is 1. The maximum absolute atomic E-state index is 11.8. The Morgan fingerprint density at radius 3 is 2.76 bits per heavy atom. The summed E-state index contributed by atoms with van der Waals surface area (Å²) < 4.78 is 6.94. The number of imide groups is 1. The van der Waals surface area contributed by atoms with Gasteiger partial charge < -0.3 is 4.42 Å². The summed E-state index contributed by atoms with van der Waals surface area (Å²) in [5, 5.41) is -0.232. The van der Waals surface area contributed by atoms with Crippen LogP contribution in [0.25, 0.3) is 6.08 Å². The molecule has 1 saturated heterocycles. The second kappa shape index (κ2) is 5.15. The van der Waals surface area contributed by atoms with Crippen LogP contribution in [0, 0.1) is 3.77 Å². The number of hydrogen-bond donors (Lipinski definition) is 0. The summed E-state index contributed by atoms with van der Waals surface area (Å²) in [5.74, 6) is 0.299. The van der Waals surface area contributed by atoms with E-state index in [4.69, 9.17) is 4.42 Å². The van der Waals surface area contributed by atoms with Crippen molar-refractivity contribution >= 4 is 67.5 Å². The molecule has 1 aromatic rings. The molecule has 0 spiro atoms. The molecule has 0 saturated carbocycles. The number of likely N-dealkylation sites (N-methyl/N-ethyl adjacent to an activating group) is 1. The van der Waals surface area contributed by atoms with Gasteiger partial charge in [0.1, 0.15) is 5.76 Å². The molecule has 0 radical (unpaired) electrons. The first-order valence-corrected chi connectivity index (χ1v) is 7.42. The molecule has 2 rings (SSSR count). The lowest BCUT2D eigenvalue weighted by Crippen LogP contribution is -2.27. The molecule has 4 nitrogen and oxygen atoms in total. The third-order valence-electron chi connectivity index (χ3n) is 2.13. The predicted octanol–water partition coefficient (Wildman–Crippen LogP) is 3.70. The van der Waals surface area contributed by atoms with Crippen LogP contribution >= 0.6 is 50.3 Å². The van der Waals surface area contributed by atoms with Gasteiger partial charge in [0.05, 0.1) is 9.38 Å². The van der Waals surface area contributed by atoms with Gasteiger partial charge in [-0.3, -0.25) is 14.5 Å². The quantitative estimate of drug-likeness (QED) is 0.533. The van der Waals surface area contributed by atoms with Crippen LogP contribution < -0.4 is 0 Å². The van der Waals surface area contributed by atoms with Crippen LogP contribution in [0.3, 0.4) is 0 Å². The molecule has 0 atom stereocenters. The van der Waals surface area contributed by atoms with E-state index in [1.54, 1.807) is 19.1 Å². The zero-order valence-corrected chi connectivity index (χ0v) is 13.3. The standard InChI is InChI=1S/C10H7BrINO3S/c1-2-13-9(14)7(17-10(13)15)4-5-3-6(11)8(12)16-5/h3-4H,2H2,1H3/b7-4-. The van der Waals surface area contributed by atoms with Crippen LogP contribution in [0.5, 0.6) is 0 Å². The van der Waals surface area contributed by atoms with Gasteiger partial charge in [0.25, 0.3) is 11.1 Å². The smallest absolute Gasteiger partial charge is 0.293 e. The van der Waals surface area contributed by atoms with Gasteiger partial charge >= 0.3 is 0 Å². The number of carbonyl (C=O) groups excluding carboxylic acids is 2. The average molecular weight is 428 g/mol. The molecule has 2 amide bonds. The SMILES string of the molecule is CCN1C(=O)S/C(=C\c2cc(Br)c(I)o2)C1=O. The lowest BCUT2D eigenvalue weighted by molar-refractivity contribution is -0.122. The lowest BCUT2D eigenvalue weighted by atomic mass is 10.3. The Kier molecular flexibility index (Phi) is 3.99. The largest absolute Gasteiger partial charge is 0.450 e. The van der Waals surface area contributed by atoms with Crippen LogP contribution in [0.15, 0.2) is 19.9 Å². The number of halogens is 2. The minimum Gasteiger partial charge on any atom is -0.450 e. The molecule has 1 aliphatic rings. The normalized spacial score (nSPS) is 18.5. The number of rotatable bonds is 2. The Bertz CT molecular complexity index is 506. The number of carbonyl (C=O) groups is 2. The van der Waals surface area contributed by atoms with E-state index in [2.05, 4.69) is 15.9 Å². The molecule has 1 aromatic heterocycles. The van der Waals surface area contributed by atoms with E-state index in [-0.39, 0.29) is 11.1 Å². The lowest BCUT2D eigenvalue weighted by Gasteiger charge is -2.06. The first kappa shape index (κ1) is 13.2. The molecule has 2 heterocycles. The van der Waals surface area contributed by atoms with Crippen LogP contribution in [0.4, 0.5) is 4.79 Å². The van der Waals surface area contributed by atoms with Crippen molar-refractivity contribution in [2.45, 2.75) is 6.92 Å². The third kappa shape index (κ3) is 2.60. The van der Waals surface area contributed by atoms with Crippen molar-refractivity contribution in [1.82, 2.24) is 4.90 Å². The molecular weight excluding hydrogens is 421 g/mol. The highest BCUT2D eigenvalue weighted by atomic mass is 127. The van der Waals surface area contributed by atoms with E-state index in [0.29, 0.717) is 21.0 Å². The second-order valence-electron chi connectivity index (χ2n) is 3.20. The maximum atomic E-state index is 11.8.